The minimum Gasteiger partial charge on any atom is -0.478 e. The summed E-state index contributed by atoms with van der Waals surface area (Å²) < 4.78 is 0. The maximum absolute atomic E-state index is 10.5. The van der Waals surface area contributed by atoms with E-state index in [1.165, 1.54) is 12.5 Å². The Labute approximate surface area is 118 Å². The first-order valence-electron chi connectivity index (χ1n) is 6.33. The van der Waals surface area contributed by atoms with Crippen LogP contribution in [-0.2, 0) is 4.79 Å². The molecule has 1 aromatic carbocycles. The van der Waals surface area contributed by atoms with Gasteiger partial charge in [-0.3, -0.25) is 0 Å². The number of anilines is 1. The molecule has 0 atom stereocenters. The van der Waals surface area contributed by atoms with Crippen LogP contribution in [0.1, 0.15) is 25.8 Å². The first-order valence-corrected chi connectivity index (χ1v) is 6.71. The van der Waals surface area contributed by atoms with E-state index in [0.717, 1.165) is 30.4 Å². The lowest BCUT2D eigenvalue weighted by molar-refractivity contribution is -0.131. The van der Waals surface area contributed by atoms with Crippen molar-refractivity contribution in [2.45, 2.75) is 20.3 Å². The summed E-state index contributed by atoms with van der Waals surface area (Å²) in [6.07, 6.45) is 3.79. The molecule has 0 aromatic heterocycles. The van der Waals surface area contributed by atoms with Crippen LogP contribution in [0.2, 0.25) is 5.02 Å². The van der Waals surface area contributed by atoms with Crippen LogP contribution in [0.4, 0.5) is 5.69 Å². The van der Waals surface area contributed by atoms with Crippen LogP contribution in [0.3, 0.4) is 0 Å². The maximum Gasteiger partial charge on any atom is 0.328 e. The maximum atomic E-state index is 10.5. The molecule has 102 valence electrons. The van der Waals surface area contributed by atoms with Crippen LogP contribution in [0, 0.1) is 5.41 Å². The second-order valence-electron chi connectivity index (χ2n) is 5.71. The topological polar surface area (TPSA) is 40.5 Å². The second kappa shape index (κ2) is 5.25. The molecule has 1 aliphatic rings. The molecular formula is C15H18ClNO2. The van der Waals surface area contributed by atoms with Gasteiger partial charge in [0, 0.05) is 29.9 Å². The van der Waals surface area contributed by atoms with Crippen molar-refractivity contribution in [3.05, 3.63) is 34.9 Å². The standard InChI is InChI=1S/C15H18ClNO2/c1-15(2)7-8-17(10-15)12-5-3-11(13(16)9-12)4-6-14(18)19/h3-6,9H,7-8,10H2,1-2H3,(H,18,19)/b6-4+. The number of halogens is 1. The van der Waals surface area contributed by atoms with Gasteiger partial charge in [0.2, 0.25) is 0 Å². The summed E-state index contributed by atoms with van der Waals surface area (Å²) in [4.78, 5) is 12.8. The van der Waals surface area contributed by atoms with E-state index in [4.69, 9.17) is 16.7 Å². The highest BCUT2D eigenvalue weighted by Gasteiger charge is 2.29. The number of rotatable bonds is 3. The normalized spacial score (nSPS) is 18.2. The van der Waals surface area contributed by atoms with Gasteiger partial charge < -0.3 is 10.0 Å². The highest BCUT2D eigenvalue weighted by molar-refractivity contribution is 6.32. The molecule has 2 rings (SSSR count). The number of nitrogens with zero attached hydrogens (tertiary/aromatic N) is 1. The fourth-order valence-electron chi connectivity index (χ4n) is 2.34. The first kappa shape index (κ1) is 13.9. The van der Waals surface area contributed by atoms with Gasteiger partial charge in [0.25, 0.3) is 0 Å². The Morgan fingerprint density at radius 1 is 1.47 bits per heavy atom. The van der Waals surface area contributed by atoms with E-state index >= 15 is 0 Å². The van der Waals surface area contributed by atoms with Crippen molar-refractivity contribution in [3.63, 3.8) is 0 Å². The monoisotopic (exact) mass is 279 g/mol. The van der Waals surface area contributed by atoms with E-state index in [2.05, 4.69) is 18.7 Å². The van der Waals surface area contributed by atoms with Gasteiger partial charge in [-0.05, 0) is 35.6 Å². The van der Waals surface area contributed by atoms with Crippen molar-refractivity contribution in [2.75, 3.05) is 18.0 Å². The molecule has 0 aliphatic carbocycles. The molecule has 0 saturated carbocycles. The zero-order valence-corrected chi connectivity index (χ0v) is 11.9. The van der Waals surface area contributed by atoms with Gasteiger partial charge in [0.1, 0.15) is 0 Å². The van der Waals surface area contributed by atoms with Crippen molar-refractivity contribution >= 4 is 29.3 Å². The molecule has 1 aliphatic heterocycles. The van der Waals surface area contributed by atoms with Crippen LogP contribution in [0.5, 0.6) is 0 Å². The van der Waals surface area contributed by atoms with Gasteiger partial charge in [-0.2, -0.15) is 0 Å². The Hall–Kier alpha value is -1.48. The Bertz CT molecular complexity index is 523. The predicted molar refractivity (Wildman–Crippen MR) is 78.7 cm³/mol. The summed E-state index contributed by atoms with van der Waals surface area (Å²) in [5.41, 5.74) is 2.17. The van der Waals surface area contributed by atoms with Crippen molar-refractivity contribution < 1.29 is 9.90 Å². The number of carbonyl (C=O) groups is 1. The van der Waals surface area contributed by atoms with Gasteiger partial charge in [0.05, 0.1) is 0 Å². The largest absolute Gasteiger partial charge is 0.478 e. The number of hydrogen-bond acceptors (Lipinski definition) is 2. The molecule has 0 bridgehead atoms. The summed E-state index contributed by atoms with van der Waals surface area (Å²) in [7, 11) is 0. The van der Waals surface area contributed by atoms with Crippen LogP contribution in [-0.4, -0.2) is 24.2 Å². The molecule has 0 amide bonds. The highest BCUT2D eigenvalue weighted by Crippen LogP contribution is 2.34. The second-order valence-corrected chi connectivity index (χ2v) is 6.12. The fourth-order valence-corrected chi connectivity index (χ4v) is 2.58. The van der Waals surface area contributed by atoms with Gasteiger partial charge >= 0.3 is 5.97 Å². The lowest BCUT2D eigenvalue weighted by Crippen LogP contribution is -2.22. The quantitative estimate of drug-likeness (QED) is 0.858. The lowest BCUT2D eigenvalue weighted by Gasteiger charge is -2.22. The van der Waals surface area contributed by atoms with Crippen molar-refractivity contribution in [1.82, 2.24) is 0 Å². The van der Waals surface area contributed by atoms with Crippen LogP contribution < -0.4 is 4.90 Å². The van der Waals surface area contributed by atoms with E-state index in [1.54, 1.807) is 0 Å². The number of carboxylic acid groups (broad SMARTS) is 1. The summed E-state index contributed by atoms with van der Waals surface area (Å²) in [6.45, 7) is 6.58. The van der Waals surface area contributed by atoms with E-state index in [9.17, 15) is 4.79 Å². The molecular weight excluding hydrogens is 262 g/mol. The van der Waals surface area contributed by atoms with E-state index in [0.29, 0.717) is 10.4 Å². The molecule has 1 saturated heterocycles. The number of benzene rings is 1. The first-order chi connectivity index (χ1) is 8.87. The third-order valence-corrected chi connectivity index (χ3v) is 3.76. The molecule has 0 spiro atoms. The molecule has 1 fully saturated rings. The van der Waals surface area contributed by atoms with E-state index in [-0.39, 0.29) is 0 Å². The van der Waals surface area contributed by atoms with Crippen LogP contribution in [0.15, 0.2) is 24.3 Å². The molecule has 1 aromatic rings. The Balaban J connectivity index is 2.18. The number of carboxylic acids is 1. The molecule has 4 heteroatoms. The van der Waals surface area contributed by atoms with Crippen molar-refractivity contribution in [1.29, 1.82) is 0 Å². The zero-order chi connectivity index (χ0) is 14.0. The minimum atomic E-state index is -0.971. The van der Waals surface area contributed by atoms with Gasteiger partial charge in [-0.1, -0.05) is 31.5 Å². The van der Waals surface area contributed by atoms with Crippen molar-refractivity contribution in [2.24, 2.45) is 5.41 Å². The van der Waals surface area contributed by atoms with Crippen LogP contribution >= 0.6 is 11.6 Å². The summed E-state index contributed by atoms with van der Waals surface area (Å²) in [6, 6.07) is 5.77. The Kier molecular flexibility index (Phi) is 3.85. The smallest absolute Gasteiger partial charge is 0.328 e. The highest BCUT2D eigenvalue weighted by atomic mass is 35.5. The SMILES string of the molecule is CC1(C)CCN(c2ccc(/C=C/C(=O)O)c(Cl)c2)C1. The van der Waals surface area contributed by atoms with Crippen LogP contribution in [0.25, 0.3) is 6.08 Å². The molecule has 3 nitrogen and oxygen atoms in total. The summed E-state index contributed by atoms with van der Waals surface area (Å²) in [5.74, 6) is -0.971. The minimum absolute atomic E-state index is 0.342. The predicted octanol–water partition coefficient (Wildman–Crippen LogP) is 3.67. The van der Waals surface area contributed by atoms with Gasteiger partial charge in [-0.25, -0.2) is 4.79 Å². The molecule has 1 N–H and O–H groups in total. The molecule has 0 unspecified atom stereocenters. The average molecular weight is 280 g/mol. The third-order valence-electron chi connectivity index (χ3n) is 3.43. The molecule has 1 heterocycles. The van der Waals surface area contributed by atoms with Gasteiger partial charge in [0.15, 0.2) is 0 Å². The van der Waals surface area contributed by atoms with E-state index in [1.807, 2.05) is 18.2 Å². The van der Waals surface area contributed by atoms with Crippen molar-refractivity contribution in [3.8, 4) is 0 Å². The number of hydrogen-bond donors (Lipinski definition) is 1. The summed E-state index contributed by atoms with van der Waals surface area (Å²) in [5, 5.41) is 9.20. The number of aliphatic carboxylic acids is 1. The Morgan fingerprint density at radius 2 is 2.21 bits per heavy atom. The zero-order valence-electron chi connectivity index (χ0n) is 11.2. The average Bonchev–Trinajstić information content (AvgIpc) is 2.68. The Morgan fingerprint density at radius 3 is 2.74 bits per heavy atom. The fraction of sp³-hybridized carbons (Fsp3) is 0.400. The summed E-state index contributed by atoms with van der Waals surface area (Å²) >= 11 is 6.19. The molecule has 0 radical (unpaired) electrons. The lowest BCUT2D eigenvalue weighted by atomic mass is 9.93. The third kappa shape index (κ3) is 3.51. The van der Waals surface area contributed by atoms with E-state index < -0.39 is 5.97 Å². The van der Waals surface area contributed by atoms with Gasteiger partial charge in [-0.15, -0.1) is 0 Å². The molecule has 19 heavy (non-hydrogen) atoms.